The minimum atomic E-state index is -0.543. The molecular weight excluding hydrogens is 304 g/mol. The summed E-state index contributed by atoms with van der Waals surface area (Å²) in [7, 11) is 0. The Morgan fingerprint density at radius 1 is 1.41 bits per heavy atom. The van der Waals surface area contributed by atoms with Crippen LogP contribution in [0.5, 0.6) is 5.75 Å². The van der Waals surface area contributed by atoms with E-state index < -0.39 is 6.04 Å². The number of carbonyl (C=O) groups is 2. The van der Waals surface area contributed by atoms with Crippen molar-refractivity contribution in [3.05, 3.63) is 28.8 Å². The first kappa shape index (κ1) is 16.6. The van der Waals surface area contributed by atoms with Gasteiger partial charge in [-0.2, -0.15) is 0 Å². The van der Waals surface area contributed by atoms with Crippen LogP contribution in [0.15, 0.2) is 18.2 Å². The van der Waals surface area contributed by atoms with Crippen molar-refractivity contribution in [2.45, 2.75) is 26.8 Å². The minimum absolute atomic E-state index is 0.0604. The first-order chi connectivity index (χ1) is 10.3. The molecule has 1 N–H and O–H groups in total. The molecule has 2 rings (SSSR count). The second kappa shape index (κ2) is 6.57. The van der Waals surface area contributed by atoms with Crippen molar-refractivity contribution < 1.29 is 14.7 Å². The number of piperazine rings is 1. The number of benzene rings is 1. The minimum Gasteiger partial charge on any atom is -0.507 e. The Hall–Kier alpha value is -1.75. The van der Waals surface area contributed by atoms with Crippen molar-refractivity contribution >= 4 is 23.4 Å². The Morgan fingerprint density at radius 2 is 2.09 bits per heavy atom. The highest BCUT2D eigenvalue weighted by Crippen LogP contribution is 2.25. The highest BCUT2D eigenvalue weighted by atomic mass is 35.5. The first-order valence-corrected chi connectivity index (χ1v) is 7.77. The Balaban J connectivity index is 2.18. The Bertz CT molecular complexity index is 589. The number of rotatable bonds is 3. The average molecular weight is 325 g/mol. The van der Waals surface area contributed by atoms with Gasteiger partial charge in [-0.25, -0.2) is 0 Å². The topological polar surface area (TPSA) is 60.9 Å². The van der Waals surface area contributed by atoms with Gasteiger partial charge in [0.1, 0.15) is 11.8 Å². The third-order valence-corrected chi connectivity index (χ3v) is 4.02. The Labute approximate surface area is 135 Å². The molecule has 1 heterocycles. The quantitative estimate of drug-likeness (QED) is 0.928. The maximum atomic E-state index is 12.6. The fourth-order valence-electron chi connectivity index (χ4n) is 2.66. The SMILES string of the molecule is CC(C)CN1CCN(C(=O)c2cc(Cl)ccc2O)[C@@H](C)C1=O. The zero-order chi connectivity index (χ0) is 16.4. The summed E-state index contributed by atoms with van der Waals surface area (Å²) < 4.78 is 0. The molecule has 1 saturated heterocycles. The third-order valence-electron chi connectivity index (χ3n) is 3.78. The van der Waals surface area contributed by atoms with Crippen LogP contribution in [0.3, 0.4) is 0 Å². The van der Waals surface area contributed by atoms with Gasteiger partial charge in [-0.1, -0.05) is 25.4 Å². The van der Waals surface area contributed by atoms with Gasteiger partial charge in [0, 0.05) is 24.7 Å². The van der Waals surface area contributed by atoms with Crippen LogP contribution in [-0.4, -0.2) is 52.4 Å². The molecule has 0 saturated carbocycles. The molecule has 0 spiro atoms. The van der Waals surface area contributed by atoms with Gasteiger partial charge in [0.05, 0.1) is 5.56 Å². The van der Waals surface area contributed by atoms with Crippen molar-refractivity contribution in [2.24, 2.45) is 5.92 Å². The fourth-order valence-corrected chi connectivity index (χ4v) is 2.84. The van der Waals surface area contributed by atoms with Crippen molar-refractivity contribution in [1.82, 2.24) is 9.80 Å². The lowest BCUT2D eigenvalue weighted by molar-refractivity contribution is -0.140. The number of nitrogens with zero attached hydrogens (tertiary/aromatic N) is 2. The Kier molecular flexibility index (Phi) is 4.96. The molecule has 1 atom stereocenters. The van der Waals surface area contributed by atoms with Crippen LogP contribution >= 0.6 is 11.6 Å². The molecule has 1 aliphatic rings. The van der Waals surface area contributed by atoms with Crippen LogP contribution in [-0.2, 0) is 4.79 Å². The van der Waals surface area contributed by atoms with Gasteiger partial charge < -0.3 is 14.9 Å². The summed E-state index contributed by atoms with van der Waals surface area (Å²) in [4.78, 5) is 28.3. The maximum Gasteiger partial charge on any atom is 0.258 e. The van der Waals surface area contributed by atoms with Gasteiger partial charge in [-0.15, -0.1) is 0 Å². The molecule has 0 aromatic heterocycles. The number of halogens is 1. The molecule has 1 aromatic carbocycles. The Morgan fingerprint density at radius 3 is 2.73 bits per heavy atom. The average Bonchev–Trinajstić information content (AvgIpc) is 2.45. The van der Waals surface area contributed by atoms with E-state index in [0.29, 0.717) is 30.6 Å². The smallest absolute Gasteiger partial charge is 0.258 e. The van der Waals surface area contributed by atoms with Gasteiger partial charge in [0.15, 0.2) is 0 Å². The van der Waals surface area contributed by atoms with Crippen LogP contribution < -0.4 is 0 Å². The summed E-state index contributed by atoms with van der Waals surface area (Å²) in [5, 5.41) is 10.2. The maximum absolute atomic E-state index is 12.6. The van der Waals surface area contributed by atoms with Crippen molar-refractivity contribution in [1.29, 1.82) is 0 Å². The highest BCUT2D eigenvalue weighted by molar-refractivity contribution is 6.31. The highest BCUT2D eigenvalue weighted by Gasteiger charge is 2.35. The van der Waals surface area contributed by atoms with E-state index in [1.807, 2.05) is 0 Å². The summed E-state index contributed by atoms with van der Waals surface area (Å²) in [5.74, 6) is -0.172. The number of carbonyl (C=O) groups excluding carboxylic acids is 2. The van der Waals surface area contributed by atoms with Crippen LogP contribution in [0.2, 0.25) is 5.02 Å². The summed E-state index contributed by atoms with van der Waals surface area (Å²) in [6.45, 7) is 7.47. The van der Waals surface area contributed by atoms with E-state index in [9.17, 15) is 14.7 Å². The first-order valence-electron chi connectivity index (χ1n) is 7.39. The molecule has 0 unspecified atom stereocenters. The van der Waals surface area contributed by atoms with E-state index in [-0.39, 0.29) is 23.1 Å². The molecule has 5 nitrogen and oxygen atoms in total. The monoisotopic (exact) mass is 324 g/mol. The lowest BCUT2D eigenvalue weighted by atomic mass is 10.1. The molecule has 1 aliphatic heterocycles. The predicted octanol–water partition coefficient (Wildman–Crippen LogP) is 2.37. The summed E-state index contributed by atoms with van der Waals surface area (Å²) >= 11 is 5.89. The van der Waals surface area contributed by atoms with Crippen LogP contribution in [0, 0.1) is 5.92 Å². The predicted molar refractivity (Wildman–Crippen MR) is 85.0 cm³/mol. The number of hydrogen-bond donors (Lipinski definition) is 1. The standard InChI is InChI=1S/C16H21ClN2O3/c1-10(2)9-18-6-7-19(11(3)15(18)21)16(22)13-8-12(17)4-5-14(13)20/h4-5,8,10-11,20H,6-7,9H2,1-3H3/t11-/m0/s1. The van der Waals surface area contributed by atoms with Gasteiger partial charge in [-0.05, 0) is 31.0 Å². The summed E-state index contributed by atoms with van der Waals surface area (Å²) in [6, 6.07) is 3.79. The molecule has 2 amide bonds. The summed E-state index contributed by atoms with van der Waals surface area (Å²) in [6.07, 6.45) is 0. The number of aromatic hydroxyl groups is 1. The van der Waals surface area contributed by atoms with E-state index in [4.69, 9.17) is 11.6 Å². The number of phenolic OH excluding ortho intramolecular Hbond substituents is 1. The fraction of sp³-hybridized carbons (Fsp3) is 0.500. The lowest BCUT2D eigenvalue weighted by Gasteiger charge is -2.39. The zero-order valence-corrected chi connectivity index (χ0v) is 13.8. The van der Waals surface area contributed by atoms with E-state index >= 15 is 0 Å². The van der Waals surface area contributed by atoms with E-state index in [1.165, 1.54) is 23.1 Å². The van der Waals surface area contributed by atoms with Crippen molar-refractivity contribution in [3.8, 4) is 5.75 Å². The van der Waals surface area contributed by atoms with Crippen LogP contribution in [0.1, 0.15) is 31.1 Å². The molecule has 0 aliphatic carbocycles. The largest absolute Gasteiger partial charge is 0.507 e. The molecule has 1 aromatic rings. The van der Waals surface area contributed by atoms with Gasteiger partial charge in [0.2, 0.25) is 5.91 Å². The molecule has 22 heavy (non-hydrogen) atoms. The molecule has 6 heteroatoms. The van der Waals surface area contributed by atoms with E-state index in [0.717, 1.165) is 0 Å². The number of phenols is 1. The van der Waals surface area contributed by atoms with Crippen LogP contribution in [0.4, 0.5) is 0 Å². The van der Waals surface area contributed by atoms with Gasteiger partial charge in [-0.3, -0.25) is 9.59 Å². The third kappa shape index (κ3) is 3.35. The second-order valence-electron chi connectivity index (χ2n) is 6.01. The van der Waals surface area contributed by atoms with Crippen molar-refractivity contribution in [3.63, 3.8) is 0 Å². The molecular formula is C16H21ClN2O3. The molecule has 1 fully saturated rings. The molecule has 0 radical (unpaired) electrons. The van der Waals surface area contributed by atoms with Crippen LogP contribution in [0.25, 0.3) is 0 Å². The second-order valence-corrected chi connectivity index (χ2v) is 6.45. The van der Waals surface area contributed by atoms with E-state index in [1.54, 1.807) is 11.8 Å². The number of hydrogen-bond acceptors (Lipinski definition) is 3. The van der Waals surface area contributed by atoms with Gasteiger partial charge in [0.25, 0.3) is 5.91 Å². The lowest BCUT2D eigenvalue weighted by Crippen LogP contribution is -2.58. The normalized spacial score (nSPS) is 19.0. The molecule has 0 bridgehead atoms. The van der Waals surface area contributed by atoms with E-state index in [2.05, 4.69) is 13.8 Å². The molecule has 120 valence electrons. The zero-order valence-electron chi connectivity index (χ0n) is 13.0. The number of amides is 2. The van der Waals surface area contributed by atoms with Crippen molar-refractivity contribution in [2.75, 3.05) is 19.6 Å². The van der Waals surface area contributed by atoms with Gasteiger partial charge >= 0.3 is 0 Å². The summed E-state index contributed by atoms with van der Waals surface area (Å²) in [5.41, 5.74) is 0.129.